The molecule has 7 heteroatoms. The molecule has 0 aliphatic carbocycles. The Labute approximate surface area is 157 Å². The second-order valence-electron chi connectivity index (χ2n) is 5.63. The van der Waals surface area contributed by atoms with Gasteiger partial charge >= 0.3 is 0 Å². The fourth-order valence-electron chi connectivity index (χ4n) is 2.60. The van der Waals surface area contributed by atoms with Crippen LogP contribution in [0, 0.1) is 5.82 Å². The Morgan fingerprint density at radius 1 is 1.24 bits per heavy atom. The number of hydrogen-bond acceptors (Lipinski definition) is 3. The molecule has 1 fully saturated rings. The Morgan fingerprint density at radius 2 is 2.04 bits per heavy atom. The number of amides is 1. The predicted octanol–water partition coefficient (Wildman–Crippen LogP) is 3.85. The smallest absolute Gasteiger partial charge is 0.258 e. The number of benzene rings is 2. The van der Waals surface area contributed by atoms with Crippen LogP contribution in [-0.4, -0.2) is 30.5 Å². The Morgan fingerprint density at radius 3 is 2.80 bits per heavy atom. The van der Waals surface area contributed by atoms with Crippen molar-refractivity contribution in [2.45, 2.75) is 17.9 Å². The van der Waals surface area contributed by atoms with E-state index < -0.39 is 11.7 Å². The minimum Gasteiger partial charge on any atom is -0.489 e. The summed E-state index contributed by atoms with van der Waals surface area (Å²) in [6.45, 7) is 1.56. The van der Waals surface area contributed by atoms with Crippen LogP contribution < -0.4 is 15.4 Å². The van der Waals surface area contributed by atoms with E-state index in [9.17, 15) is 9.18 Å². The van der Waals surface area contributed by atoms with Crippen LogP contribution >= 0.6 is 24.0 Å². The highest BCUT2D eigenvalue weighted by atomic mass is 35.5. The number of alkyl halides is 1. The number of hydrogen-bond donors (Lipinski definition) is 2. The van der Waals surface area contributed by atoms with Crippen LogP contribution in [0.25, 0.3) is 0 Å². The lowest BCUT2D eigenvalue weighted by Gasteiger charge is -2.28. The average molecular weight is 385 g/mol. The predicted molar refractivity (Wildman–Crippen MR) is 99.6 cm³/mol. The van der Waals surface area contributed by atoms with Gasteiger partial charge in [-0.1, -0.05) is 18.2 Å². The molecule has 0 spiro atoms. The molecular weight excluding hydrogens is 366 g/mol. The number of piperidine rings is 1. The van der Waals surface area contributed by atoms with E-state index in [2.05, 4.69) is 10.6 Å². The minimum absolute atomic E-state index is 0. The number of nitrogens with one attached hydrogen (secondary N) is 2. The maximum absolute atomic E-state index is 13.7. The summed E-state index contributed by atoms with van der Waals surface area (Å²) in [5.41, 5.74) is 0.545. The third-order valence-electron chi connectivity index (χ3n) is 3.85. The van der Waals surface area contributed by atoms with Crippen molar-refractivity contribution in [3.63, 3.8) is 0 Å². The second-order valence-corrected chi connectivity index (χ2v) is 6.19. The lowest BCUT2D eigenvalue weighted by Crippen LogP contribution is -2.43. The third-order valence-corrected chi connectivity index (χ3v) is 4.28. The average Bonchev–Trinajstić information content (AvgIpc) is 2.58. The fraction of sp³-hybridized carbons (Fsp3) is 0.278. The number of carbonyl (C=O) groups is 1. The summed E-state index contributed by atoms with van der Waals surface area (Å²) in [5.74, 6) is -0.427. The lowest BCUT2D eigenvalue weighted by atomic mass is 10.1. The Balaban J connectivity index is 0.00000225. The Bertz CT molecular complexity index is 730. The maximum atomic E-state index is 13.7. The van der Waals surface area contributed by atoms with Gasteiger partial charge in [-0.15, -0.1) is 24.0 Å². The molecule has 25 heavy (non-hydrogen) atoms. The first-order valence-corrected chi connectivity index (χ1v) is 8.24. The standard InChI is InChI=1S/C18H18ClFN2O2.ClH/c19-15-11-21-9-8-17(15)24-13-5-3-4-12(10-13)22-18(23)14-6-1-2-7-16(14)20;/h1-7,10,15,17,21H,8-9,11H2,(H,22,23);1H. The number of halogens is 3. The largest absolute Gasteiger partial charge is 0.489 e. The molecule has 0 saturated carbocycles. The zero-order valence-electron chi connectivity index (χ0n) is 13.4. The molecule has 4 nitrogen and oxygen atoms in total. The minimum atomic E-state index is -0.554. The zero-order chi connectivity index (χ0) is 16.9. The summed E-state index contributed by atoms with van der Waals surface area (Å²) < 4.78 is 19.6. The summed E-state index contributed by atoms with van der Waals surface area (Å²) in [6.07, 6.45) is 0.741. The van der Waals surface area contributed by atoms with Gasteiger partial charge in [-0.05, 0) is 37.2 Å². The molecule has 1 aliphatic heterocycles. The molecule has 1 aliphatic rings. The van der Waals surface area contributed by atoms with E-state index in [1.807, 2.05) is 6.07 Å². The molecule has 1 heterocycles. The first-order chi connectivity index (χ1) is 11.6. The quantitative estimate of drug-likeness (QED) is 0.787. The molecule has 2 atom stereocenters. The molecule has 2 unspecified atom stereocenters. The van der Waals surface area contributed by atoms with Crippen molar-refractivity contribution in [3.8, 4) is 5.75 Å². The summed E-state index contributed by atoms with van der Waals surface area (Å²) in [6, 6.07) is 12.9. The van der Waals surface area contributed by atoms with Crippen LogP contribution in [0.5, 0.6) is 5.75 Å². The first kappa shape index (κ1) is 19.5. The van der Waals surface area contributed by atoms with Crippen molar-refractivity contribution in [2.24, 2.45) is 0 Å². The van der Waals surface area contributed by atoms with Gasteiger partial charge in [0.15, 0.2) is 0 Å². The summed E-state index contributed by atoms with van der Waals surface area (Å²) in [4.78, 5) is 12.2. The number of ether oxygens (including phenoxy) is 1. The van der Waals surface area contributed by atoms with E-state index >= 15 is 0 Å². The zero-order valence-corrected chi connectivity index (χ0v) is 14.9. The van der Waals surface area contributed by atoms with Crippen molar-refractivity contribution in [1.82, 2.24) is 5.32 Å². The Kier molecular flexibility index (Phi) is 7.05. The highest BCUT2D eigenvalue weighted by molar-refractivity contribution is 6.21. The SMILES string of the molecule is Cl.O=C(Nc1cccc(OC2CCNCC2Cl)c1)c1ccccc1F. The molecule has 134 valence electrons. The molecule has 0 bridgehead atoms. The summed E-state index contributed by atoms with van der Waals surface area (Å²) in [5, 5.41) is 5.79. The maximum Gasteiger partial charge on any atom is 0.258 e. The highest BCUT2D eigenvalue weighted by Gasteiger charge is 2.24. The molecule has 2 aromatic carbocycles. The van der Waals surface area contributed by atoms with E-state index in [4.69, 9.17) is 16.3 Å². The van der Waals surface area contributed by atoms with Gasteiger partial charge in [-0.2, -0.15) is 0 Å². The van der Waals surface area contributed by atoms with Crippen LogP contribution in [0.4, 0.5) is 10.1 Å². The lowest BCUT2D eigenvalue weighted by molar-refractivity contribution is 0.102. The van der Waals surface area contributed by atoms with Gasteiger partial charge < -0.3 is 15.4 Å². The number of anilines is 1. The van der Waals surface area contributed by atoms with Crippen molar-refractivity contribution >= 4 is 35.6 Å². The van der Waals surface area contributed by atoms with Crippen LogP contribution in [0.3, 0.4) is 0 Å². The Hall–Kier alpha value is -1.82. The molecule has 0 aromatic heterocycles. The molecule has 1 saturated heterocycles. The van der Waals surface area contributed by atoms with Gasteiger partial charge in [-0.25, -0.2) is 4.39 Å². The topological polar surface area (TPSA) is 50.4 Å². The molecular formula is C18H19Cl2FN2O2. The van der Waals surface area contributed by atoms with E-state index in [0.29, 0.717) is 18.0 Å². The van der Waals surface area contributed by atoms with Crippen molar-refractivity contribution in [3.05, 3.63) is 59.9 Å². The van der Waals surface area contributed by atoms with Crippen LogP contribution in [0.15, 0.2) is 48.5 Å². The molecule has 2 N–H and O–H groups in total. The first-order valence-electron chi connectivity index (χ1n) is 7.81. The molecule has 3 rings (SSSR count). The van der Waals surface area contributed by atoms with E-state index in [0.717, 1.165) is 13.0 Å². The number of carbonyl (C=O) groups excluding carboxylic acids is 1. The van der Waals surface area contributed by atoms with Crippen molar-refractivity contribution in [1.29, 1.82) is 0 Å². The highest BCUT2D eigenvalue weighted by Crippen LogP contribution is 2.23. The van der Waals surface area contributed by atoms with Gasteiger partial charge in [-0.3, -0.25) is 4.79 Å². The van der Waals surface area contributed by atoms with Crippen LogP contribution in [-0.2, 0) is 0 Å². The van der Waals surface area contributed by atoms with E-state index in [1.165, 1.54) is 12.1 Å². The second kappa shape index (κ2) is 9.04. The fourth-order valence-corrected chi connectivity index (χ4v) is 2.88. The van der Waals surface area contributed by atoms with Crippen LogP contribution in [0.1, 0.15) is 16.8 Å². The van der Waals surface area contributed by atoms with Crippen molar-refractivity contribution in [2.75, 3.05) is 18.4 Å². The third kappa shape index (κ3) is 5.08. The summed E-state index contributed by atoms with van der Waals surface area (Å²) >= 11 is 6.26. The van der Waals surface area contributed by atoms with E-state index in [1.54, 1.807) is 30.3 Å². The number of rotatable bonds is 4. The molecule has 2 aromatic rings. The molecule has 0 radical (unpaired) electrons. The van der Waals surface area contributed by atoms with Gasteiger partial charge in [0, 0.05) is 18.3 Å². The van der Waals surface area contributed by atoms with Gasteiger partial charge in [0.05, 0.1) is 10.9 Å². The van der Waals surface area contributed by atoms with Crippen molar-refractivity contribution < 1.29 is 13.9 Å². The van der Waals surface area contributed by atoms with Gasteiger partial charge in [0.25, 0.3) is 5.91 Å². The van der Waals surface area contributed by atoms with Gasteiger partial charge in [0.2, 0.25) is 0 Å². The monoisotopic (exact) mass is 384 g/mol. The van der Waals surface area contributed by atoms with Crippen LogP contribution in [0.2, 0.25) is 0 Å². The summed E-state index contributed by atoms with van der Waals surface area (Å²) in [7, 11) is 0. The molecule has 1 amide bonds. The van der Waals surface area contributed by atoms with Gasteiger partial charge in [0.1, 0.15) is 17.7 Å². The normalized spacial score (nSPS) is 19.6. The van der Waals surface area contributed by atoms with E-state index in [-0.39, 0.29) is 29.5 Å².